The highest BCUT2D eigenvalue weighted by Gasteiger charge is 2.13. The molecule has 0 fully saturated rings. The summed E-state index contributed by atoms with van der Waals surface area (Å²) in [5.41, 5.74) is 6.17. The molecular weight excluding hydrogens is 280 g/mol. The van der Waals surface area contributed by atoms with Crippen molar-refractivity contribution in [2.24, 2.45) is 0 Å². The van der Waals surface area contributed by atoms with Gasteiger partial charge in [0.2, 0.25) is 5.91 Å². The van der Waals surface area contributed by atoms with Gasteiger partial charge in [-0.3, -0.25) is 9.59 Å². The number of rotatable bonds is 6. The van der Waals surface area contributed by atoms with Crippen LogP contribution in [0.3, 0.4) is 0 Å². The van der Waals surface area contributed by atoms with Crippen molar-refractivity contribution in [3.05, 3.63) is 23.0 Å². The van der Waals surface area contributed by atoms with E-state index in [4.69, 9.17) is 17.3 Å². The van der Waals surface area contributed by atoms with E-state index in [1.807, 2.05) is 13.8 Å². The molecule has 1 heterocycles. The first-order valence-corrected chi connectivity index (χ1v) is 6.84. The van der Waals surface area contributed by atoms with E-state index in [2.05, 4.69) is 10.3 Å². The van der Waals surface area contributed by atoms with Crippen LogP contribution in [0.5, 0.6) is 0 Å². The molecule has 1 rings (SSSR count). The molecule has 1 aromatic rings. The van der Waals surface area contributed by atoms with Crippen LogP contribution in [-0.4, -0.2) is 41.3 Å². The SMILES string of the molecule is CCN(CC)C(=O)CCNC(=O)c1cc(Cl)ncc1N. The lowest BCUT2D eigenvalue weighted by atomic mass is 10.2. The summed E-state index contributed by atoms with van der Waals surface area (Å²) in [6.07, 6.45) is 1.59. The molecule has 0 spiro atoms. The second-order valence-corrected chi connectivity index (χ2v) is 4.55. The molecule has 0 aliphatic heterocycles. The molecule has 0 unspecified atom stereocenters. The summed E-state index contributed by atoms with van der Waals surface area (Å²) >= 11 is 5.72. The Bertz CT molecular complexity index is 489. The van der Waals surface area contributed by atoms with E-state index in [0.29, 0.717) is 13.1 Å². The number of pyridine rings is 1. The zero-order valence-electron chi connectivity index (χ0n) is 11.6. The van der Waals surface area contributed by atoms with Crippen LogP contribution in [0, 0.1) is 0 Å². The van der Waals surface area contributed by atoms with E-state index in [9.17, 15) is 9.59 Å². The zero-order valence-corrected chi connectivity index (χ0v) is 12.4. The third kappa shape index (κ3) is 4.38. The first-order valence-electron chi connectivity index (χ1n) is 6.46. The molecule has 110 valence electrons. The van der Waals surface area contributed by atoms with E-state index in [0.717, 1.165) is 0 Å². The topological polar surface area (TPSA) is 88.3 Å². The van der Waals surface area contributed by atoms with Crippen LogP contribution in [0.4, 0.5) is 5.69 Å². The number of nitrogens with one attached hydrogen (secondary N) is 1. The number of nitrogen functional groups attached to an aromatic ring is 1. The van der Waals surface area contributed by atoms with Gasteiger partial charge >= 0.3 is 0 Å². The van der Waals surface area contributed by atoms with Gasteiger partial charge in [0.25, 0.3) is 5.91 Å². The third-order valence-electron chi connectivity index (χ3n) is 2.89. The molecule has 3 N–H and O–H groups in total. The first kappa shape index (κ1) is 16.2. The molecule has 0 aromatic carbocycles. The number of carbonyl (C=O) groups is 2. The van der Waals surface area contributed by atoms with E-state index >= 15 is 0 Å². The summed E-state index contributed by atoms with van der Waals surface area (Å²) in [5.74, 6) is -0.352. The second kappa shape index (κ2) is 7.69. The molecule has 0 aliphatic carbocycles. The number of amides is 2. The zero-order chi connectivity index (χ0) is 15.1. The molecule has 0 saturated heterocycles. The molecular formula is C13H19ClN4O2. The number of halogens is 1. The Balaban J connectivity index is 2.52. The van der Waals surface area contributed by atoms with Gasteiger partial charge in [-0.25, -0.2) is 4.98 Å². The minimum absolute atomic E-state index is 0.0102. The van der Waals surface area contributed by atoms with Crippen molar-refractivity contribution in [2.75, 3.05) is 25.4 Å². The Labute approximate surface area is 123 Å². The maximum absolute atomic E-state index is 11.9. The standard InChI is InChI=1S/C13H19ClN4O2/c1-3-18(4-2)12(19)5-6-16-13(20)9-7-11(14)17-8-10(9)15/h7-8H,3-6,15H2,1-2H3,(H,16,20). The summed E-state index contributed by atoms with van der Waals surface area (Å²) < 4.78 is 0. The van der Waals surface area contributed by atoms with Gasteiger partial charge in [0.1, 0.15) is 5.15 Å². The Kier molecular flexibility index (Phi) is 6.24. The predicted octanol–water partition coefficient (Wildman–Crippen LogP) is 1.31. The van der Waals surface area contributed by atoms with Crippen molar-refractivity contribution in [2.45, 2.75) is 20.3 Å². The summed E-state index contributed by atoms with van der Waals surface area (Å²) in [6.45, 7) is 5.42. The van der Waals surface area contributed by atoms with Crippen molar-refractivity contribution < 1.29 is 9.59 Å². The van der Waals surface area contributed by atoms with Gasteiger partial charge in [0.15, 0.2) is 0 Å². The summed E-state index contributed by atoms with van der Waals surface area (Å²) in [7, 11) is 0. The molecule has 2 amide bonds. The quantitative estimate of drug-likeness (QED) is 0.775. The Morgan fingerprint density at radius 1 is 1.40 bits per heavy atom. The van der Waals surface area contributed by atoms with Crippen LogP contribution in [0.1, 0.15) is 30.6 Å². The number of nitrogens with zero attached hydrogens (tertiary/aromatic N) is 2. The highest BCUT2D eigenvalue weighted by atomic mass is 35.5. The van der Waals surface area contributed by atoms with E-state index in [1.54, 1.807) is 4.90 Å². The minimum Gasteiger partial charge on any atom is -0.397 e. The van der Waals surface area contributed by atoms with E-state index < -0.39 is 0 Å². The summed E-state index contributed by atoms with van der Waals surface area (Å²) in [5, 5.41) is 2.85. The Hall–Kier alpha value is -1.82. The fourth-order valence-electron chi connectivity index (χ4n) is 1.75. The number of nitrogens with two attached hydrogens (primary N) is 1. The van der Waals surface area contributed by atoms with Crippen LogP contribution in [0.2, 0.25) is 5.15 Å². The van der Waals surface area contributed by atoms with Gasteiger partial charge in [-0.2, -0.15) is 0 Å². The average Bonchev–Trinajstić information content (AvgIpc) is 2.42. The molecule has 6 nitrogen and oxygen atoms in total. The molecule has 0 aliphatic rings. The van der Waals surface area contributed by atoms with Crippen LogP contribution in [-0.2, 0) is 4.79 Å². The smallest absolute Gasteiger partial charge is 0.253 e. The van der Waals surface area contributed by atoms with Crippen LogP contribution in [0.25, 0.3) is 0 Å². The van der Waals surface area contributed by atoms with Gasteiger partial charge < -0.3 is 16.0 Å². The molecule has 20 heavy (non-hydrogen) atoms. The van der Waals surface area contributed by atoms with Crippen molar-refractivity contribution in [1.82, 2.24) is 15.2 Å². The maximum Gasteiger partial charge on any atom is 0.253 e. The second-order valence-electron chi connectivity index (χ2n) is 4.17. The highest BCUT2D eigenvalue weighted by molar-refractivity contribution is 6.29. The summed E-state index contributed by atoms with van der Waals surface area (Å²) in [6, 6.07) is 1.40. The fraction of sp³-hybridized carbons (Fsp3) is 0.462. The monoisotopic (exact) mass is 298 g/mol. The van der Waals surface area contributed by atoms with Crippen molar-refractivity contribution >= 4 is 29.1 Å². The Morgan fingerprint density at radius 3 is 2.65 bits per heavy atom. The molecule has 1 aromatic heterocycles. The average molecular weight is 299 g/mol. The third-order valence-corrected chi connectivity index (χ3v) is 3.09. The van der Waals surface area contributed by atoms with E-state index in [1.165, 1.54) is 12.3 Å². The van der Waals surface area contributed by atoms with Crippen molar-refractivity contribution in [3.63, 3.8) is 0 Å². The van der Waals surface area contributed by atoms with Crippen molar-refractivity contribution in [3.8, 4) is 0 Å². The van der Waals surface area contributed by atoms with Crippen LogP contribution < -0.4 is 11.1 Å². The van der Waals surface area contributed by atoms with E-state index in [-0.39, 0.29) is 41.2 Å². The number of carbonyl (C=O) groups excluding carboxylic acids is 2. The van der Waals surface area contributed by atoms with Gasteiger partial charge in [0.05, 0.1) is 17.4 Å². The lowest BCUT2D eigenvalue weighted by molar-refractivity contribution is -0.130. The van der Waals surface area contributed by atoms with Gasteiger partial charge in [0, 0.05) is 26.1 Å². The molecule has 0 saturated carbocycles. The van der Waals surface area contributed by atoms with Crippen LogP contribution in [0.15, 0.2) is 12.3 Å². The molecule has 0 radical (unpaired) electrons. The number of anilines is 1. The summed E-state index contributed by atoms with van der Waals surface area (Å²) in [4.78, 5) is 29.2. The van der Waals surface area contributed by atoms with Crippen molar-refractivity contribution in [1.29, 1.82) is 0 Å². The van der Waals surface area contributed by atoms with Gasteiger partial charge in [-0.1, -0.05) is 11.6 Å². The maximum atomic E-state index is 11.9. The van der Waals surface area contributed by atoms with Gasteiger partial charge in [-0.15, -0.1) is 0 Å². The molecule has 0 bridgehead atoms. The number of aromatic nitrogens is 1. The first-order chi connectivity index (χ1) is 9.49. The lowest BCUT2D eigenvalue weighted by Crippen LogP contribution is -2.34. The highest BCUT2D eigenvalue weighted by Crippen LogP contribution is 2.14. The largest absolute Gasteiger partial charge is 0.397 e. The lowest BCUT2D eigenvalue weighted by Gasteiger charge is -2.18. The molecule has 0 atom stereocenters. The molecule has 7 heteroatoms. The number of hydrogen-bond donors (Lipinski definition) is 2. The normalized spacial score (nSPS) is 10.2. The predicted molar refractivity (Wildman–Crippen MR) is 78.5 cm³/mol. The fourth-order valence-corrected chi connectivity index (χ4v) is 1.91. The minimum atomic E-state index is -0.362. The number of hydrogen-bond acceptors (Lipinski definition) is 4. The van der Waals surface area contributed by atoms with Gasteiger partial charge in [-0.05, 0) is 19.9 Å². The van der Waals surface area contributed by atoms with Crippen LogP contribution >= 0.6 is 11.6 Å². The Morgan fingerprint density at radius 2 is 2.05 bits per heavy atom.